The quantitative estimate of drug-likeness (QED) is 0.665. The maximum atomic E-state index is 5.89. The highest BCUT2D eigenvalue weighted by molar-refractivity contribution is 7.11. The van der Waals surface area contributed by atoms with Gasteiger partial charge in [0.2, 0.25) is 0 Å². The van der Waals surface area contributed by atoms with E-state index in [1.807, 2.05) is 11.3 Å². The van der Waals surface area contributed by atoms with Crippen LogP contribution in [0.4, 0.5) is 0 Å². The van der Waals surface area contributed by atoms with Crippen LogP contribution in [0.1, 0.15) is 30.5 Å². The highest BCUT2D eigenvalue weighted by Crippen LogP contribution is 2.27. The zero-order chi connectivity index (χ0) is 9.90. The fourth-order valence-corrected chi connectivity index (χ4v) is 2.54. The van der Waals surface area contributed by atoms with Gasteiger partial charge in [-0.25, -0.2) is 0 Å². The normalized spacial score (nSPS) is 12.0. The fraction of sp³-hybridized carbons (Fsp3) is 0.636. The summed E-state index contributed by atoms with van der Waals surface area (Å²) in [5.41, 5.74) is 0.234. The molecule has 0 unspecified atom stereocenters. The van der Waals surface area contributed by atoms with Gasteiger partial charge >= 0.3 is 0 Å². The second kappa shape index (κ2) is 4.47. The first-order valence-electron chi connectivity index (χ1n) is 4.71. The smallest absolute Gasteiger partial charge is 0.0278 e. The molecule has 0 aliphatic carbocycles. The summed E-state index contributed by atoms with van der Waals surface area (Å²) >= 11 is 7.80. The zero-order valence-electron chi connectivity index (χ0n) is 8.56. The lowest BCUT2D eigenvalue weighted by Gasteiger charge is -2.19. The first kappa shape index (κ1) is 11.1. The molecule has 0 saturated carbocycles. The van der Waals surface area contributed by atoms with Gasteiger partial charge < -0.3 is 0 Å². The van der Waals surface area contributed by atoms with Gasteiger partial charge in [-0.15, -0.1) is 22.9 Å². The molecule has 0 atom stereocenters. The lowest BCUT2D eigenvalue weighted by molar-refractivity contribution is 0.421. The number of thiophene rings is 1. The Morgan fingerprint density at radius 3 is 2.38 bits per heavy atom. The summed E-state index contributed by atoms with van der Waals surface area (Å²) in [6.45, 7) is 6.62. The van der Waals surface area contributed by atoms with Gasteiger partial charge in [0.15, 0.2) is 0 Å². The number of hydrogen-bond acceptors (Lipinski definition) is 1. The Labute approximate surface area is 89.9 Å². The van der Waals surface area contributed by atoms with Crippen LogP contribution in [0.25, 0.3) is 0 Å². The first-order valence-corrected chi connectivity index (χ1v) is 6.06. The van der Waals surface area contributed by atoms with E-state index in [4.69, 9.17) is 11.6 Å². The maximum Gasteiger partial charge on any atom is 0.0278 e. The maximum absolute atomic E-state index is 5.89. The lowest BCUT2D eigenvalue weighted by Crippen LogP contribution is -2.15. The van der Waals surface area contributed by atoms with Crippen molar-refractivity contribution in [3.8, 4) is 0 Å². The number of rotatable bonds is 4. The Hall–Kier alpha value is -0.0100. The average Bonchev–Trinajstić information content (AvgIpc) is 2.52. The molecule has 0 amide bonds. The molecule has 0 aliphatic heterocycles. The summed E-state index contributed by atoms with van der Waals surface area (Å²) in [6, 6.07) is 4.46. The molecule has 13 heavy (non-hydrogen) atoms. The minimum atomic E-state index is 0.234. The van der Waals surface area contributed by atoms with Crippen LogP contribution < -0.4 is 0 Å². The molecule has 1 aromatic heterocycles. The molecule has 0 aromatic carbocycles. The zero-order valence-corrected chi connectivity index (χ0v) is 10.1. The summed E-state index contributed by atoms with van der Waals surface area (Å²) in [5, 5.41) is 0. The van der Waals surface area contributed by atoms with Gasteiger partial charge in [0, 0.05) is 15.6 Å². The first-order chi connectivity index (χ1) is 6.07. The van der Waals surface area contributed by atoms with E-state index >= 15 is 0 Å². The van der Waals surface area contributed by atoms with E-state index in [9.17, 15) is 0 Å². The molecule has 0 radical (unpaired) electrons. The number of aryl methyl sites for hydroxylation is 1. The van der Waals surface area contributed by atoms with Crippen LogP contribution in [-0.2, 0) is 12.8 Å². The van der Waals surface area contributed by atoms with Gasteiger partial charge in [-0.1, -0.05) is 20.8 Å². The van der Waals surface area contributed by atoms with Gasteiger partial charge in [0.05, 0.1) is 0 Å². The molecular weight excluding hydrogens is 200 g/mol. The highest BCUT2D eigenvalue weighted by atomic mass is 35.5. The van der Waals surface area contributed by atoms with Crippen molar-refractivity contribution in [1.29, 1.82) is 0 Å². The van der Waals surface area contributed by atoms with Gasteiger partial charge in [-0.3, -0.25) is 0 Å². The number of halogens is 1. The lowest BCUT2D eigenvalue weighted by atomic mass is 9.91. The molecule has 74 valence electrons. The van der Waals surface area contributed by atoms with E-state index in [2.05, 4.69) is 32.9 Å². The molecule has 0 N–H and O–H groups in total. The summed E-state index contributed by atoms with van der Waals surface area (Å²) in [5.74, 6) is 0.729. The topological polar surface area (TPSA) is 0 Å². The molecule has 0 bridgehead atoms. The van der Waals surface area contributed by atoms with Crippen molar-refractivity contribution in [2.75, 3.05) is 5.88 Å². The van der Waals surface area contributed by atoms with Gasteiger partial charge in [-0.2, -0.15) is 0 Å². The Morgan fingerprint density at radius 2 is 1.92 bits per heavy atom. The monoisotopic (exact) mass is 216 g/mol. The van der Waals surface area contributed by atoms with Gasteiger partial charge in [0.1, 0.15) is 0 Å². The molecule has 0 aliphatic rings. The van der Waals surface area contributed by atoms with E-state index in [1.165, 1.54) is 9.75 Å². The van der Waals surface area contributed by atoms with Crippen LogP contribution in [0, 0.1) is 5.41 Å². The summed E-state index contributed by atoms with van der Waals surface area (Å²) in [7, 11) is 0. The highest BCUT2D eigenvalue weighted by Gasteiger charge is 2.17. The van der Waals surface area contributed by atoms with Crippen molar-refractivity contribution in [2.45, 2.75) is 33.6 Å². The molecule has 0 nitrogen and oxygen atoms in total. The summed E-state index contributed by atoms with van der Waals surface area (Å²) in [6.07, 6.45) is 2.24. The van der Waals surface area contributed by atoms with Crippen LogP contribution >= 0.6 is 22.9 Å². The van der Waals surface area contributed by atoms with Crippen molar-refractivity contribution in [1.82, 2.24) is 0 Å². The molecule has 1 aromatic rings. The molecule has 2 heteroatoms. The predicted octanol–water partition coefficient (Wildman–Crippen LogP) is 4.12. The number of hydrogen-bond donors (Lipinski definition) is 0. The minimum Gasteiger partial charge on any atom is -0.145 e. The summed E-state index contributed by atoms with van der Waals surface area (Å²) < 4.78 is 0. The Morgan fingerprint density at radius 1 is 1.31 bits per heavy atom. The third-order valence-corrected chi connectivity index (χ3v) is 4.03. The van der Waals surface area contributed by atoms with Crippen LogP contribution in [0.5, 0.6) is 0 Å². The molecule has 0 spiro atoms. The van der Waals surface area contributed by atoms with Crippen LogP contribution in [0.2, 0.25) is 0 Å². The van der Waals surface area contributed by atoms with E-state index in [1.54, 1.807) is 0 Å². The Bertz CT molecular complexity index is 263. The molecule has 0 saturated heterocycles. The third-order valence-electron chi connectivity index (χ3n) is 2.08. The SMILES string of the molecule is CCc1ccc(CC(C)(C)CCl)s1. The van der Waals surface area contributed by atoms with E-state index < -0.39 is 0 Å². The second-order valence-electron chi connectivity index (χ2n) is 4.20. The van der Waals surface area contributed by atoms with Crippen LogP contribution in [0.3, 0.4) is 0 Å². The van der Waals surface area contributed by atoms with Gasteiger partial charge in [0.25, 0.3) is 0 Å². The molecule has 0 fully saturated rings. The van der Waals surface area contributed by atoms with Crippen molar-refractivity contribution < 1.29 is 0 Å². The Balaban J connectivity index is 2.63. The minimum absolute atomic E-state index is 0.234. The van der Waals surface area contributed by atoms with Gasteiger partial charge in [-0.05, 0) is 30.4 Å². The van der Waals surface area contributed by atoms with E-state index in [0.29, 0.717) is 0 Å². The fourth-order valence-electron chi connectivity index (χ4n) is 1.23. The third kappa shape index (κ3) is 3.32. The largest absolute Gasteiger partial charge is 0.145 e. The molecular formula is C11H17ClS. The number of alkyl halides is 1. The van der Waals surface area contributed by atoms with Crippen molar-refractivity contribution >= 4 is 22.9 Å². The predicted molar refractivity (Wildman–Crippen MR) is 61.9 cm³/mol. The van der Waals surface area contributed by atoms with Crippen molar-refractivity contribution in [2.24, 2.45) is 5.41 Å². The van der Waals surface area contributed by atoms with E-state index in [0.717, 1.165) is 18.7 Å². The van der Waals surface area contributed by atoms with Crippen LogP contribution in [-0.4, -0.2) is 5.88 Å². The average molecular weight is 217 g/mol. The standard InChI is InChI=1S/C11H17ClS/c1-4-9-5-6-10(13-9)7-11(2,3)8-12/h5-6H,4,7-8H2,1-3H3. The summed E-state index contributed by atoms with van der Waals surface area (Å²) in [4.78, 5) is 2.93. The van der Waals surface area contributed by atoms with Crippen LogP contribution in [0.15, 0.2) is 12.1 Å². The van der Waals surface area contributed by atoms with E-state index in [-0.39, 0.29) is 5.41 Å². The molecule has 1 rings (SSSR count). The van der Waals surface area contributed by atoms with Crippen molar-refractivity contribution in [3.63, 3.8) is 0 Å². The van der Waals surface area contributed by atoms with Crippen molar-refractivity contribution in [3.05, 3.63) is 21.9 Å². The molecule has 1 heterocycles. The second-order valence-corrected chi connectivity index (χ2v) is 5.72. The Kier molecular flexibility index (Phi) is 3.81.